The molecule has 0 saturated carbocycles. The van der Waals surface area contributed by atoms with Crippen LogP contribution >= 0.6 is 0 Å². The summed E-state index contributed by atoms with van der Waals surface area (Å²) in [6, 6.07) is 5.50. The Bertz CT molecular complexity index is 1090. The van der Waals surface area contributed by atoms with Crippen molar-refractivity contribution in [2.45, 2.75) is 149 Å². The van der Waals surface area contributed by atoms with E-state index in [0.717, 1.165) is 44.9 Å². The second-order valence-electron chi connectivity index (χ2n) is 11.9. The van der Waals surface area contributed by atoms with Crippen LogP contribution in [0, 0.1) is 0 Å². The standard InChI is InChI=1S/C36H60O4Si/c1-10-11-12-13-14-15-16-17-18-19-20-21-22-23-24-25-36(37)39-34-26-33(38-29(2)3)27-35(28-34)40-41(30(4)5,31(6)7)32(8)9/h11-12,14-15,17-18,26-32H,10,13,16,19-25H2,1-9H3/b12-11-,15-14-,18-17-/i13D2,16D2. The van der Waals surface area contributed by atoms with Crippen LogP contribution in [0.25, 0.3) is 0 Å². The van der Waals surface area contributed by atoms with Gasteiger partial charge in [-0.05, 0) is 68.9 Å². The first-order chi connectivity index (χ1) is 20.9. The topological polar surface area (TPSA) is 44.8 Å². The molecule has 1 rings (SSSR count). The van der Waals surface area contributed by atoms with Gasteiger partial charge in [-0.2, -0.15) is 0 Å². The van der Waals surface area contributed by atoms with Crippen molar-refractivity contribution in [2.24, 2.45) is 0 Å². The first-order valence-corrected chi connectivity index (χ1v) is 17.8. The van der Waals surface area contributed by atoms with Crippen LogP contribution in [-0.4, -0.2) is 20.4 Å². The molecule has 0 heterocycles. The minimum Gasteiger partial charge on any atom is -0.543 e. The van der Waals surface area contributed by atoms with Gasteiger partial charge in [-0.1, -0.05) is 104 Å². The average Bonchev–Trinajstić information content (AvgIpc) is 2.92. The molecule has 4 nitrogen and oxygen atoms in total. The van der Waals surface area contributed by atoms with Gasteiger partial charge in [0.2, 0.25) is 0 Å². The Balaban J connectivity index is 2.62. The van der Waals surface area contributed by atoms with Crippen molar-refractivity contribution in [3.05, 3.63) is 54.7 Å². The second-order valence-corrected chi connectivity index (χ2v) is 17.3. The van der Waals surface area contributed by atoms with E-state index < -0.39 is 21.1 Å². The lowest BCUT2D eigenvalue weighted by molar-refractivity contribution is -0.134. The van der Waals surface area contributed by atoms with E-state index in [1.807, 2.05) is 39.0 Å². The number of unbranched alkanes of at least 4 members (excludes halogenated alkanes) is 5. The Hall–Kier alpha value is -2.27. The normalized spacial score (nSPS) is 14.9. The van der Waals surface area contributed by atoms with Crippen molar-refractivity contribution < 1.29 is 24.2 Å². The molecule has 0 spiro atoms. The molecule has 5 heteroatoms. The van der Waals surface area contributed by atoms with Crippen LogP contribution in [0.1, 0.15) is 132 Å². The molecule has 0 radical (unpaired) electrons. The lowest BCUT2D eigenvalue weighted by Gasteiger charge is -2.42. The van der Waals surface area contributed by atoms with E-state index in [2.05, 4.69) is 41.5 Å². The molecule has 1 aromatic carbocycles. The van der Waals surface area contributed by atoms with E-state index in [9.17, 15) is 4.79 Å². The molecule has 0 bridgehead atoms. The van der Waals surface area contributed by atoms with E-state index in [1.165, 1.54) is 24.3 Å². The molecule has 1 aromatic rings. The molecule has 0 N–H and O–H groups in total. The Labute approximate surface area is 259 Å². The van der Waals surface area contributed by atoms with Gasteiger partial charge in [0.1, 0.15) is 17.2 Å². The summed E-state index contributed by atoms with van der Waals surface area (Å²) in [4.78, 5) is 12.7. The predicted molar refractivity (Wildman–Crippen MR) is 179 cm³/mol. The van der Waals surface area contributed by atoms with E-state index in [0.29, 0.717) is 40.3 Å². The summed E-state index contributed by atoms with van der Waals surface area (Å²) in [5.74, 6) is 1.51. The first-order valence-electron chi connectivity index (χ1n) is 17.7. The van der Waals surface area contributed by atoms with Gasteiger partial charge in [0.25, 0.3) is 8.32 Å². The zero-order valence-corrected chi connectivity index (χ0v) is 28.3. The van der Waals surface area contributed by atoms with Crippen molar-refractivity contribution in [2.75, 3.05) is 0 Å². The molecule has 0 fully saturated rings. The monoisotopic (exact) mass is 588 g/mol. The zero-order valence-electron chi connectivity index (χ0n) is 31.3. The lowest BCUT2D eigenvalue weighted by atomic mass is 10.1. The average molecular weight is 589 g/mol. The summed E-state index contributed by atoms with van der Waals surface area (Å²) in [5.41, 5.74) is 1.23. The zero-order chi connectivity index (χ0) is 34.3. The minimum absolute atomic E-state index is 0.0226. The molecule has 41 heavy (non-hydrogen) atoms. The van der Waals surface area contributed by atoms with E-state index in [1.54, 1.807) is 12.1 Å². The van der Waals surface area contributed by atoms with Crippen LogP contribution in [0.3, 0.4) is 0 Å². The predicted octanol–water partition coefficient (Wildman–Crippen LogP) is 11.5. The summed E-state index contributed by atoms with van der Waals surface area (Å²) in [7, 11) is -2.20. The Morgan fingerprint density at radius 1 is 0.732 bits per heavy atom. The molecular weight excluding hydrogens is 524 g/mol. The second kappa shape index (κ2) is 20.6. The molecule has 0 aliphatic carbocycles. The third-order valence-electron chi connectivity index (χ3n) is 7.15. The third-order valence-corrected chi connectivity index (χ3v) is 13.2. The highest BCUT2D eigenvalue weighted by Crippen LogP contribution is 2.44. The number of hydrogen-bond acceptors (Lipinski definition) is 4. The number of carbonyl (C=O) groups is 1. The molecule has 0 saturated heterocycles. The molecule has 0 aliphatic heterocycles. The van der Waals surface area contributed by atoms with Crippen LogP contribution in [-0.2, 0) is 4.79 Å². The number of carbonyl (C=O) groups excluding carboxylic acids is 1. The van der Waals surface area contributed by atoms with Crippen LogP contribution in [0.2, 0.25) is 16.6 Å². The SMILES string of the molecule is [2H]C([2H])(/C=C\CC)/C=C\C([2H])([2H])/C=C\CCCCCCCC(=O)Oc1cc(OC(C)C)cc(O[Si](C(C)C)(C(C)C)C(C)C)c1. The highest BCUT2D eigenvalue weighted by Gasteiger charge is 2.47. The van der Waals surface area contributed by atoms with Crippen LogP contribution in [0.15, 0.2) is 54.7 Å². The van der Waals surface area contributed by atoms with Gasteiger partial charge in [-0.15, -0.1) is 0 Å². The maximum absolute atomic E-state index is 12.7. The molecular formula is C36H60O4Si. The van der Waals surface area contributed by atoms with Crippen LogP contribution in [0.5, 0.6) is 17.2 Å². The first kappa shape index (κ1) is 30.2. The third kappa shape index (κ3) is 14.5. The fraction of sp³-hybridized carbons (Fsp3) is 0.639. The largest absolute Gasteiger partial charge is 0.543 e. The Morgan fingerprint density at radius 2 is 1.24 bits per heavy atom. The molecule has 0 aromatic heterocycles. The fourth-order valence-electron chi connectivity index (χ4n) is 5.35. The van der Waals surface area contributed by atoms with Gasteiger partial charge in [0.05, 0.1) is 6.10 Å². The fourth-order valence-corrected chi connectivity index (χ4v) is 10.6. The smallest absolute Gasteiger partial charge is 0.311 e. The Morgan fingerprint density at radius 3 is 1.83 bits per heavy atom. The van der Waals surface area contributed by atoms with Crippen LogP contribution in [0.4, 0.5) is 0 Å². The molecule has 232 valence electrons. The van der Waals surface area contributed by atoms with Crippen molar-refractivity contribution in [1.82, 2.24) is 0 Å². The van der Waals surface area contributed by atoms with E-state index in [4.69, 9.17) is 19.4 Å². The van der Waals surface area contributed by atoms with Crippen LogP contribution < -0.4 is 13.9 Å². The van der Waals surface area contributed by atoms with Gasteiger partial charge in [-0.25, -0.2) is 0 Å². The number of hydrogen-bond donors (Lipinski definition) is 0. The molecule has 0 atom stereocenters. The van der Waals surface area contributed by atoms with Crippen molar-refractivity contribution in [3.8, 4) is 17.2 Å². The number of benzene rings is 1. The summed E-state index contributed by atoms with van der Waals surface area (Å²) in [6.07, 6.45) is 12.1. The molecule has 0 unspecified atom stereocenters. The quantitative estimate of drug-likeness (QED) is 0.0471. The van der Waals surface area contributed by atoms with Gasteiger partial charge >= 0.3 is 5.97 Å². The molecule has 0 aliphatic rings. The van der Waals surface area contributed by atoms with Gasteiger partial charge in [0.15, 0.2) is 0 Å². The number of allylic oxidation sites excluding steroid dienone is 6. The van der Waals surface area contributed by atoms with Gasteiger partial charge in [0, 0.05) is 30.1 Å². The molecule has 0 amide bonds. The summed E-state index contributed by atoms with van der Waals surface area (Å²) >= 11 is 0. The van der Waals surface area contributed by atoms with Crippen molar-refractivity contribution in [3.63, 3.8) is 0 Å². The summed E-state index contributed by atoms with van der Waals surface area (Å²) in [6.45, 7) is 19.3. The number of esters is 1. The summed E-state index contributed by atoms with van der Waals surface area (Å²) in [5, 5.41) is 0. The lowest BCUT2D eigenvalue weighted by Crippen LogP contribution is -2.50. The number of rotatable bonds is 21. The van der Waals surface area contributed by atoms with Gasteiger partial charge in [-0.3, -0.25) is 4.79 Å². The van der Waals surface area contributed by atoms with Crippen molar-refractivity contribution >= 4 is 14.3 Å². The highest BCUT2D eigenvalue weighted by atomic mass is 28.4. The van der Waals surface area contributed by atoms with Crippen molar-refractivity contribution in [1.29, 1.82) is 0 Å². The highest BCUT2D eigenvalue weighted by molar-refractivity contribution is 6.78. The van der Waals surface area contributed by atoms with Gasteiger partial charge < -0.3 is 13.9 Å². The van der Waals surface area contributed by atoms with E-state index in [-0.39, 0.29) is 12.1 Å². The minimum atomic E-state index is -2.20. The maximum atomic E-state index is 12.7. The number of ether oxygens (including phenoxy) is 2. The van der Waals surface area contributed by atoms with E-state index >= 15 is 0 Å². The Kier molecular flexibility index (Phi) is 15.2. The summed E-state index contributed by atoms with van der Waals surface area (Å²) < 4.78 is 50.5. The maximum Gasteiger partial charge on any atom is 0.311 e.